The molecule has 1 saturated heterocycles. The van der Waals surface area contributed by atoms with Crippen LogP contribution in [0, 0.1) is 23.0 Å². The van der Waals surface area contributed by atoms with E-state index in [-0.39, 0.29) is 11.7 Å². The van der Waals surface area contributed by atoms with Crippen LogP contribution in [0.4, 0.5) is 16.2 Å². The molecule has 1 aliphatic rings. The summed E-state index contributed by atoms with van der Waals surface area (Å²) >= 11 is 1.79. The second kappa shape index (κ2) is 6.80. The van der Waals surface area contributed by atoms with Crippen LogP contribution in [0.15, 0.2) is 18.2 Å². The molecular formula is C14H19N3O3S. The Hall–Kier alpha value is -1.76. The van der Waals surface area contributed by atoms with Crippen molar-refractivity contribution < 1.29 is 9.72 Å². The first-order chi connectivity index (χ1) is 10.0. The van der Waals surface area contributed by atoms with E-state index in [9.17, 15) is 14.9 Å². The Bertz CT molecular complexity index is 550. The summed E-state index contributed by atoms with van der Waals surface area (Å²) in [6, 6.07) is 4.31. The lowest BCUT2D eigenvalue weighted by molar-refractivity contribution is -0.384. The Morgan fingerprint density at radius 3 is 3.00 bits per heavy atom. The smallest absolute Gasteiger partial charge is 0.321 e. The summed E-state index contributed by atoms with van der Waals surface area (Å²) in [5, 5.41) is 13.6. The Morgan fingerprint density at radius 1 is 1.57 bits per heavy atom. The molecule has 2 rings (SSSR count). The highest BCUT2D eigenvalue weighted by molar-refractivity contribution is 7.98. The molecular weight excluding hydrogens is 290 g/mol. The number of nitrogens with one attached hydrogen (secondary N) is 1. The van der Waals surface area contributed by atoms with Crippen molar-refractivity contribution in [1.82, 2.24) is 4.90 Å². The number of anilines is 1. The lowest BCUT2D eigenvalue weighted by Gasteiger charge is -2.18. The molecule has 0 spiro atoms. The minimum Gasteiger partial charge on any atom is -0.324 e. The molecule has 1 aliphatic heterocycles. The molecule has 0 unspecified atom stereocenters. The summed E-state index contributed by atoms with van der Waals surface area (Å²) in [6.45, 7) is 3.31. The summed E-state index contributed by atoms with van der Waals surface area (Å²) in [5.74, 6) is 1.59. The van der Waals surface area contributed by atoms with E-state index in [1.54, 1.807) is 22.7 Å². The fourth-order valence-corrected chi connectivity index (χ4v) is 3.18. The molecule has 2 amide bonds. The third-order valence-corrected chi connectivity index (χ3v) is 4.45. The molecule has 0 aliphatic carbocycles. The van der Waals surface area contributed by atoms with Gasteiger partial charge in [0.05, 0.1) is 10.6 Å². The van der Waals surface area contributed by atoms with Gasteiger partial charge in [-0.15, -0.1) is 0 Å². The topological polar surface area (TPSA) is 75.5 Å². The third-order valence-electron chi connectivity index (χ3n) is 3.65. The highest BCUT2D eigenvalue weighted by Crippen LogP contribution is 2.24. The molecule has 0 aromatic heterocycles. The number of likely N-dealkylation sites (tertiary alicyclic amines) is 1. The minimum absolute atomic E-state index is 0.0161. The molecule has 1 aromatic rings. The zero-order valence-electron chi connectivity index (χ0n) is 12.2. The third kappa shape index (κ3) is 3.87. The molecule has 1 atom stereocenters. The first-order valence-corrected chi connectivity index (χ1v) is 8.20. The Kier molecular flexibility index (Phi) is 5.06. The molecule has 1 fully saturated rings. The number of non-ortho nitro benzene ring substituents is 1. The zero-order chi connectivity index (χ0) is 15.4. The van der Waals surface area contributed by atoms with Crippen molar-refractivity contribution in [2.45, 2.75) is 13.3 Å². The average molecular weight is 309 g/mol. The number of amides is 2. The Labute approximate surface area is 128 Å². The number of nitro benzene ring substituents is 1. The van der Waals surface area contributed by atoms with Gasteiger partial charge in [0.1, 0.15) is 0 Å². The maximum atomic E-state index is 12.2. The van der Waals surface area contributed by atoms with Gasteiger partial charge in [0.2, 0.25) is 0 Å². The predicted octanol–water partition coefficient (Wildman–Crippen LogP) is 3.12. The molecule has 0 radical (unpaired) electrons. The predicted molar refractivity (Wildman–Crippen MR) is 84.9 cm³/mol. The number of thioether (sulfide) groups is 1. The van der Waals surface area contributed by atoms with Gasteiger partial charge in [-0.25, -0.2) is 4.79 Å². The number of nitrogens with zero attached hydrogens (tertiary/aromatic N) is 2. The van der Waals surface area contributed by atoms with Gasteiger partial charge in [-0.05, 0) is 36.8 Å². The first-order valence-electron chi connectivity index (χ1n) is 6.81. The van der Waals surface area contributed by atoms with Crippen LogP contribution in [0.25, 0.3) is 0 Å². The van der Waals surface area contributed by atoms with Gasteiger partial charge in [-0.3, -0.25) is 10.1 Å². The van der Waals surface area contributed by atoms with Crippen LogP contribution in [0.2, 0.25) is 0 Å². The number of hydrogen-bond acceptors (Lipinski definition) is 4. The SMILES string of the molecule is CSC[C@H]1CCN(C(=O)Nc2cc([N+](=O)[O-])ccc2C)C1. The van der Waals surface area contributed by atoms with Crippen LogP contribution in [-0.2, 0) is 0 Å². The second-order valence-corrected chi connectivity index (χ2v) is 6.15. The molecule has 7 heteroatoms. The fraction of sp³-hybridized carbons (Fsp3) is 0.500. The molecule has 6 nitrogen and oxygen atoms in total. The van der Waals surface area contributed by atoms with Crippen LogP contribution in [0.5, 0.6) is 0 Å². The van der Waals surface area contributed by atoms with E-state index < -0.39 is 4.92 Å². The zero-order valence-corrected chi connectivity index (χ0v) is 13.0. The van der Waals surface area contributed by atoms with Crippen molar-refractivity contribution in [1.29, 1.82) is 0 Å². The van der Waals surface area contributed by atoms with Gasteiger partial charge >= 0.3 is 6.03 Å². The molecule has 1 aromatic carbocycles. The van der Waals surface area contributed by atoms with Crippen LogP contribution >= 0.6 is 11.8 Å². The molecule has 114 valence electrons. The van der Waals surface area contributed by atoms with E-state index >= 15 is 0 Å². The Morgan fingerprint density at radius 2 is 2.33 bits per heavy atom. The first kappa shape index (κ1) is 15.6. The monoisotopic (exact) mass is 309 g/mol. The van der Waals surface area contributed by atoms with Crippen LogP contribution < -0.4 is 5.32 Å². The van der Waals surface area contributed by atoms with Crippen molar-refractivity contribution >= 4 is 29.2 Å². The number of rotatable bonds is 4. The lowest BCUT2D eigenvalue weighted by atomic mass is 10.2. The van der Waals surface area contributed by atoms with Gasteiger partial charge in [0, 0.05) is 25.2 Å². The maximum absolute atomic E-state index is 12.2. The van der Waals surface area contributed by atoms with E-state index in [0.29, 0.717) is 11.6 Å². The average Bonchev–Trinajstić information content (AvgIpc) is 2.90. The van der Waals surface area contributed by atoms with Crippen molar-refractivity contribution in [2.24, 2.45) is 5.92 Å². The van der Waals surface area contributed by atoms with Crippen molar-refractivity contribution in [2.75, 3.05) is 30.4 Å². The van der Waals surface area contributed by atoms with Crippen LogP contribution in [-0.4, -0.2) is 41.0 Å². The van der Waals surface area contributed by atoms with Gasteiger partial charge in [-0.1, -0.05) is 6.07 Å². The number of urea groups is 1. The summed E-state index contributed by atoms with van der Waals surface area (Å²) in [5.41, 5.74) is 1.30. The number of aryl methyl sites for hydroxylation is 1. The highest BCUT2D eigenvalue weighted by Gasteiger charge is 2.26. The maximum Gasteiger partial charge on any atom is 0.321 e. The van der Waals surface area contributed by atoms with E-state index in [1.165, 1.54) is 12.1 Å². The van der Waals surface area contributed by atoms with Crippen LogP contribution in [0.3, 0.4) is 0 Å². The molecule has 21 heavy (non-hydrogen) atoms. The number of nitro groups is 1. The summed E-state index contributed by atoms with van der Waals surface area (Å²) in [6.07, 6.45) is 3.08. The normalized spacial score (nSPS) is 17.8. The van der Waals surface area contributed by atoms with E-state index in [1.807, 2.05) is 6.92 Å². The van der Waals surface area contributed by atoms with E-state index in [2.05, 4.69) is 11.6 Å². The molecule has 1 N–H and O–H groups in total. The minimum atomic E-state index is -0.459. The summed E-state index contributed by atoms with van der Waals surface area (Å²) < 4.78 is 0. The van der Waals surface area contributed by atoms with Gasteiger partial charge in [0.25, 0.3) is 5.69 Å². The Balaban J connectivity index is 2.03. The van der Waals surface area contributed by atoms with Gasteiger partial charge in [0.15, 0.2) is 0 Å². The van der Waals surface area contributed by atoms with E-state index in [4.69, 9.17) is 0 Å². The number of benzene rings is 1. The number of hydrogen-bond donors (Lipinski definition) is 1. The highest BCUT2D eigenvalue weighted by atomic mass is 32.2. The second-order valence-electron chi connectivity index (χ2n) is 5.24. The number of carbonyl (C=O) groups excluding carboxylic acids is 1. The number of carbonyl (C=O) groups is 1. The van der Waals surface area contributed by atoms with Crippen molar-refractivity contribution in [3.8, 4) is 0 Å². The van der Waals surface area contributed by atoms with Crippen molar-refractivity contribution in [3.05, 3.63) is 33.9 Å². The van der Waals surface area contributed by atoms with Crippen molar-refractivity contribution in [3.63, 3.8) is 0 Å². The summed E-state index contributed by atoms with van der Waals surface area (Å²) in [4.78, 5) is 24.4. The largest absolute Gasteiger partial charge is 0.324 e. The quantitative estimate of drug-likeness (QED) is 0.685. The molecule has 0 bridgehead atoms. The van der Waals surface area contributed by atoms with Gasteiger partial charge < -0.3 is 10.2 Å². The molecule has 0 saturated carbocycles. The summed E-state index contributed by atoms with van der Waals surface area (Å²) in [7, 11) is 0. The lowest BCUT2D eigenvalue weighted by Crippen LogP contribution is -2.33. The fourth-order valence-electron chi connectivity index (χ4n) is 2.44. The van der Waals surface area contributed by atoms with Crippen LogP contribution in [0.1, 0.15) is 12.0 Å². The van der Waals surface area contributed by atoms with E-state index in [0.717, 1.165) is 30.8 Å². The molecule has 1 heterocycles. The van der Waals surface area contributed by atoms with Gasteiger partial charge in [-0.2, -0.15) is 11.8 Å². The standard InChI is InChI=1S/C14H19N3O3S/c1-10-3-4-12(17(19)20)7-13(10)15-14(18)16-6-5-11(8-16)9-21-2/h3-4,7,11H,5-6,8-9H2,1-2H3,(H,15,18)/t11-/m0/s1.